The SMILES string of the molecule is Cc1nnc(C=Cc2ccc(Oc3c(-c4ccc(F)cc4C)sc4cc(O)ccc34)cc2)[nH]1. The molecule has 0 aliphatic carbocycles. The minimum absolute atomic E-state index is 0.191. The standard InChI is InChI=1S/C26H20FN3O2S/c1-15-13-18(27)6-10-21(15)26-25(22-11-7-19(31)14-23(22)33-26)32-20-8-3-17(4-9-20)5-12-24-28-16(2)29-30-24/h3-14,31H,1-2H3,(H,28,29,30). The number of rotatable bonds is 5. The fourth-order valence-corrected chi connectivity index (χ4v) is 4.85. The Hall–Kier alpha value is -3.97. The number of H-pyrrole nitrogens is 1. The number of phenols is 1. The Morgan fingerprint density at radius 2 is 1.79 bits per heavy atom. The topological polar surface area (TPSA) is 71.0 Å². The second kappa shape index (κ2) is 8.52. The van der Waals surface area contributed by atoms with Crippen LogP contribution >= 0.6 is 11.3 Å². The molecule has 0 aliphatic heterocycles. The van der Waals surface area contributed by atoms with Gasteiger partial charge in [-0.05, 0) is 79.1 Å². The molecule has 0 spiro atoms. The van der Waals surface area contributed by atoms with Crippen LogP contribution in [0.1, 0.15) is 22.8 Å². The van der Waals surface area contributed by atoms with E-state index in [0.29, 0.717) is 17.3 Å². The molecule has 5 nitrogen and oxygen atoms in total. The molecule has 33 heavy (non-hydrogen) atoms. The minimum Gasteiger partial charge on any atom is -0.508 e. The van der Waals surface area contributed by atoms with E-state index in [2.05, 4.69) is 15.2 Å². The van der Waals surface area contributed by atoms with Crippen LogP contribution in [0.25, 0.3) is 32.7 Å². The van der Waals surface area contributed by atoms with E-state index in [1.54, 1.807) is 18.2 Å². The van der Waals surface area contributed by atoms with Gasteiger partial charge in [0.2, 0.25) is 0 Å². The Labute approximate surface area is 193 Å². The number of hydrogen-bond donors (Lipinski definition) is 2. The van der Waals surface area contributed by atoms with Gasteiger partial charge in [-0.15, -0.1) is 21.5 Å². The molecule has 0 fully saturated rings. The average molecular weight is 458 g/mol. The molecule has 2 heterocycles. The second-order valence-corrected chi connectivity index (χ2v) is 8.75. The van der Waals surface area contributed by atoms with Gasteiger partial charge in [-0.25, -0.2) is 4.39 Å². The number of thiophene rings is 1. The Morgan fingerprint density at radius 1 is 0.970 bits per heavy atom. The molecule has 5 rings (SSSR count). The molecule has 0 amide bonds. The number of fused-ring (bicyclic) bond motifs is 1. The zero-order valence-electron chi connectivity index (χ0n) is 18.0. The van der Waals surface area contributed by atoms with E-state index in [1.165, 1.54) is 23.5 Å². The molecule has 5 aromatic rings. The predicted molar refractivity (Wildman–Crippen MR) is 130 cm³/mol. The van der Waals surface area contributed by atoms with Gasteiger partial charge in [0.05, 0.1) is 4.88 Å². The van der Waals surface area contributed by atoms with Crippen molar-refractivity contribution < 1.29 is 14.2 Å². The van der Waals surface area contributed by atoms with Gasteiger partial charge in [-0.3, -0.25) is 0 Å². The van der Waals surface area contributed by atoms with Crippen LogP contribution in [-0.2, 0) is 0 Å². The number of halogens is 1. The van der Waals surface area contributed by atoms with Crippen molar-refractivity contribution in [2.45, 2.75) is 13.8 Å². The maximum Gasteiger partial charge on any atom is 0.154 e. The highest BCUT2D eigenvalue weighted by Crippen LogP contribution is 2.48. The smallest absolute Gasteiger partial charge is 0.154 e. The highest BCUT2D eigenvalue weighted by Gasteiger charge is 2.18. The molecular formula is C26H20FN3O2S. The van der Waals surface area contributed by atoms with Crippen LogP contribution < -0.4 is 4.74 Å². The fraction of sp³-hybridized carbons (Fsp3) is 0.0769. The molecular weight excluding hydrogens is 437 g/mol. The summed E-state index contributed by atoms with van der Waals surface area (Å²) in [7, 11) is 0. The monoisotopic (exact) mass is 457 g/mol. The molecule has 0 saturated heterocycles. The summed E-state index contributed by atoms with van der Waals surface area (Å²) in [6.07, 6.45) is 3.81. The molecule has 164 valence electrons. The summed E-state index contributed by atoms with van der Waals surface area (Å²) in [5, 5.41) is 18.8. The van der Waals surface area contributed by atoms with Crippen molar-refractivity contribution in [3.8, 4) is 27.7 Å². The van der Waals surface area contributed by atoms with Crippen LogP contribution in [0.2, 0.25) is 0 Å². The molecule has 0 atom stereocenters. The van der Waals surface area contributed by atoms with Crippen molar-refractivity contribution in [3.63, 3.8) is 0 Å². The van der Waals surface area contributed by atoms with Crippen molar-refractivity contribution in [2.24, 2.45) is 0 Å². The summed E-state index contributed by atoms with van der Waals surface area (Å²) < 4.78 is 20.9. The highest BCUT2D eigenvalue weighted by molar-refractivity contribution is 7.22. The van der Waals surface area contributed by atoms with Crippen LogP contribution in [0, 0.1) is 19.7 Å². The van der Waals surface area contributed by atoms with Crippen molar-refractivity contribution in [1.29, 1.82) is 0 Å². The van der Waals surface area contributed by atoms with E-state index in [9.17, 15) is 9.50 Å². The number of aromatic hydroxyl groups is 1. The van der Waals surface area contributed by atoms with Gasteiger partial charge >= 0.3 is 0 Å². The number of aromatic nitrogens is 3. The number of ether oxygens (including phenoxy) is 1. The lowest BCUT2D eigenvalue weighted by Gasteiger charge is -2.10. The molecule has 3 aromatic carbocycles. The number of aromatic amines is 1. The van der Waals surface area contributed by atoms with Gasteiger partial charge in [0.1, 0.15) is 23.1 Å². The Bertz CT molecular complexity index is 1490. The number of nitrogens with one attached hydrogen (secondary N) is 1. The first-order valence-electron chi connectivity index (χ1n) is 10.3. The van der Waals surface area contributed by atoms with E-state index in [1.807, 2.05) is 56.3 Å². The van der Waals surface area contributed by atoms with Crippen molar-refractivity contribution in [3.05, 3.63) is 89.3 Å². The summed E-state index contributed by atoms with van der Waals surface area (Å²) in [5.41, 5.74) is 2.71. The normalized spacial score (nSPS) is 11.5. The van der Waals surface area contributed by atoms with Crippen LogP contribution in [0.3, 0.4) is 0 Å². The van der Waals surface area contributed by atoms with Crippen LogP contribution in [0.15, 0.2) is 60.7 Å². The number of aryl methyl sites for hydroxylation is 2. The Kier molecular flexibility index (Phi) is 5.40. The van der Waals surface area contributed by atoms with Gasteiger partial charge in [0.25, 0.3) is 0 Å². The summed E-state index contributed by atoms with van der Waals surface area (Å²) in [6, 6.07) is 17.6. The fourth-order valence-electron chi connectivity index (χ4n) is 3.60. The lowest BCUT2D eigenvalue weighted by molar-refractivity contribution is 0.476. The lowest BCUT2D eigenvalue weighted by Crippen LogP contribution is -1.88. The molecule has 0 saturated carbocycles. The molecule has 0 bridgehead atoms. The van der Waals surface area contributed by atoms with Gasteiger partial charge in [-0.1, -0.05) is 24.3 Å². The van der Waals surface area contributed by atoms with Gasteiger partial charge in [0.15, 0.2) is 11.6 Å². The molecule has 2 N–H and O–H groups in total. The summed E-state index contributed by atoms with van der Waals surface area (Å²) in [4.78, 5) is 3.95. The molecule has 2 aromatic heterocycles. The Morgan fingerprint density at radius 3 is 2.52 bits per heavy atom. The third-order valence-corrected chi connectivity index (χ3v) is 6.38. The van der Waals surface area contributed by atoms with E-state index in [-0.39, 0.29) is 11.6 Å². The highest BCUT2D eigenvalue weighted by atomic mass is 32.1. The number of hydrogen-bond acceptors (Lipinski definition) is 5. The first-order valence-corrected chi connectivity index (χ1v) is 11.2. The minimum atomic E-state index is -0.276. The lowest BCUT2D eigenvalue weighted by atomic mass is 10.1. The largest absolute Gasteiger partial charge is 0.508 e. The van der Waals surface area contributed by atoms with Crippen molar-refractivity contribution >= 4 is 33.6 Å². The molecule has 0 unspecified atom stereocenters. The van der Waals surface area contributed by atoms with Gasteiger partial charge in [0, 0.05) is 10.1 Å². The summed E-state index contributed by atoms with van der Waals surface area (Å²) in [5.74, 6) is 2.74. The third kappa shape index (κ3) is 4.36. The van der Waals surface area contributed by atoms with Crippen LogP contribution in [0.5, 0.6) is 17.2 Å². The van der Waals surface area contributed by atoms with Gasteiger partial charge in [-0.2, -0.15) is 0 Å². The zero-order valence-corrected chi connectivity index (χ0v) is 18.8. The van der Waals surface area contributed by atoms with E-state index < -0.39 is 0 Å². The third-order valence-electron chi connectivity index (χ3n) is 5.21. The second-order valence-electron chi connectivity index (χ2n) is 7.70. The predicted octanol–water partition coefficient (Wildman–Crippen LogP) is 7.11. The van der Waals surface area contributed by atoms with Gasteiger partial charge < -0.3 is 14.8 Å². The average Bonchev–Trinajstić information content (AvgIpc) is 3.36. The zero-order chi connectivity index (χ0) is 22.9. The molecule has 7 heteroatoms. The van der Waals surface area contributed by atoms with Crippen molar-refractivity contribution in [2.75, 3.05) is 0 Å². The van der Waals surface area contributed by atoms with E-state index in [4.69, 9.17) is 4.74 Å². The quantitative estimate of drug-likeness (QED) is 0.295. The first-order chi connectivity index (χ1) is 16.0. The van der Waals surface area contributed by atoms with Crippen molar-refractivity contribution in [1.82, 2.24) is 15.2 Å². The summed E-state index contributed by atoms with van der Waals surface area (Å²) in [6.45, 7) is 3.73. The Balaban J connectivity index is 1.49. The molecule has 0 aliphatic rings. The first kappa shape index (κ1) is 20.9. The van der Waals surface area contributed by atoms with Crippen LogP contribution in [0.4, 0.5) is 4.39 Å². The van der Waals surface area contributed by atoms with Crippen LogP contribution in [-0.4, -0.2) is 20.3 Å². The summed E-state index contributed by atoms with van der Waals surface area (Å²) >= 11 is 1.51. The molecule has 0 radical (unpaired) electrons. The van der Waals surface area contributed by atoms with E-state index in [0.717, 1.165) is 37.5 Å². The number of nitrogens with zero attached hydrogens (tertiary/aromatic N) is 2. The maximum atomic E-state index is 13.7. The maximum absolute atomic E-state index is 13.7. The number of benzene rings is 3. The van der Waals surface area contributed by atoms with E-state index >= 15 is 0 Å². The number of phenolic OH excluding ortho intramolecular Hbond substituents is 1.